The summed E-state index contributed by atoms with van der Waals surface area (Å²) in [6.45, 7) is 26.4. The van der Waals surface area contributed by atoms with Crippen molar-refractivity contribution in [3.8, 4) is 0 Å². The van der Waals surface area contributed by atoms with Crippen molar-refractivity contribution in [2.24, 2.45) is 17.3 Å². The lowest BCUT2D eigenvalue weighted by molar-refractivity contribution is 0.165. The SMILES string of the molecule is C.C.C.C.C.CC.CC(C)C(C)(C)C(C)C.CCC.CCCC. The molecule has 0 nitrogen and oxygen atoms in total. The summed E-state index contributed by atoms with van der Waals surface area (Å²) in [6.07, 6.45) is 3.89. The molecule has 156 valence electrons. The Morgan fingerprint density at radius 3 is 0.696 bits per heavy atom. The van der Waals surface area contributed by atoms with Crippen LogP contribution in [-0.4, -0.2) is 0 Å². The predicted molar refractivity (Wildman–Crippen MR) is 125 cm³/mol. The molecule has 0 rings (SSSR count). The van der Waals surface area contributed by atoms with Gasteiger partial charge in [-0.25, -0.2) is 0 Å². The van der Waals surface area contributed by atoms with Crippen LogP contribution in [0.1, 0.15) is 139 Å². The number of unbranched alkanes of at least 4 members (excludes halogenated alkanes) is 1. The summed E-state index contributed by atoms with van der Waals surface area (Å²) in [4.78, 5) is 0. The van der Waals surface area contributed by atoms with Crippen LogP contribution in [0.2, 0.25) is 0 Å². The maximum Gasteiger partial charge on any atom is -0.0308 e. The summed E-state index contributed by atoms with van der Waals surface area (Å²) >= 11 is 0. The Labute approximate surface area is 157 Å². The van der Waals surface area contributed by atoms with Gasteiger partial charge in [0.05, 0.1) is 0 Å². The van der Waals surface area contributed by atoms with Gasteiger partial charge in [0, 0.05) is 0 Å². The van der Waals surface area contributed by atoms with Crippen LogP contribution < -0.4 is 0 Å². The van der Waals surface area contributed by atoms with Crippen molar-refractivity contribution in [2.75, 3.05) is 0 Å². The number of hydrogen-bond donors (Lipinski definition) is 0. The van der Waals surface area contributed by atoms with Gasteiger partial charge in [0.15, 0.2) is 0 Å². The first kappa shape index (κ1) is 56.8. The van der Waals surface area contributed by atoms with Gasteiger partial charge in [-0.2, -0.15) is 0 Å². The highest BCUT2D eigenvalue weighted by atomic mass is 14.3. The Kier molecular flexibility index (Phi) is 106. The Bertz CT molecular complexity index is 97.2. The lowest BCUT2D eigenvalue weighted by Gasteiger charge is -2.33. The second kappa shape index (κ2) is 43.1. The zero-order valence-electron chi connectivity index (χ0n) is 15.8. The maximum absolute atomic E-state index is 2.34. The van der Waals surface area contributed by atoms with Crippen LogP contribution in [0.5, 0.6) is 0 Å². The summed E-state index contributed by atoms with van der Waals surface area (Å²) in [5.41, 5.74) is 0.500. The van der Waals surface area contributed by atoms with Gasteiger partial charge in [-0.1, -0.05) is 139 Å². The van der Waals surface area contributed by atoms with E-state index in [-0.39, 0.29) is 37.1 Å². The van der Waals surface area contributed by atoms with E-state index in [0.717, 1.165) is 11.8 Å². The fourth-order valence-electron chi connectivity index (χ4n) is 0.667. The topological polar surface area (TPSA) is 0 Å². The monoisotopic (exact) mass is 341 g/mol. The molecule has 0 unspecified atom stereocenters. The zero-order chi connectivity index (χ0) is 15.8. The second-order valence-corrected chi connectivity index (χ2v) is 5.84. The van der Waals surface area contributed by atoms with Crippen LogP contribution in [0.25, 0.3) is 0 Å². The molecule has 0 N–H and O–H groups in total. The van der Waals surface area contributed by atoms with E-state index in [1.54, 1.807) is 0 Å². The average molecular weight is 341 g/mol. The Balaban J connectivity index is -0.0000000175. The van der Waals surface area contributed by atoms with Gasteiger partial charge in [-0.15, -0.1) is 0 Å². The summed E-state index contributed by atoms with van der Waals surface area (Å²) in [5, 5.41) is 0. The quantitative estimate of drug-likeness (QED) is 0.479. The molecule has 0 aromatic rings. The van der Waals surface area contributed by atoms with E-state index in [9.17, 15) is 0 Å². The van der Waals surface area contributed by atoms with Gasteiger partial charge in [0.25, 0.3) is 0 Å². The van der Waals surface area contributed by atoms with Gasteiger partial charge in [0.1, 0.15) is 0 Å². The Morgan fingerprint density at radius 1 is 0.565 bits per heavy atom. The van der Waals surface area contributed by atoms with Crippen LogP contribution in [0.15, 0.2) is 0 Å². The second-order valence-electron chi connectivity index (χ2n) is 5.84. The van der Waals surface area contributed by atoms with Crippen molar-refractivity contribution in [2.45, 2.75) is 139 Å². The third-order valence-corrected chi connectivity index (χ3v) is 3.48. The first-order valence-electron chi connectivity index (χ1n) is 8.22. The highest BCUT2D eigenvalue weighted by molar-refractivity contribution is 4.75. The van der Waals surface area contributed by atoms with E-state index in [1.807, 2.05) is 13.8 Å². The molecular formula is C23H64. The molecule has 0 aromatic heterocycles. The minimum Gasteiger partial charge on any atom is -0.0776 e. The molecule has 0 heteroatoms. The maximum atomic E-state index is 2.34. The van der Waals surface area contributed by atoms with Crippen LogP contribution in [0.3, 0.4) is 0 Å². The molecule has 0 saturated carbocycles. The van der Waals surface area contributed by atoms with Gasteiger partial charge >= 0.3 is 0 Å². The normalized spacial score (nSPS) is 7.57. The first-order chi connectivity index (χ1) is 8.22. The highest BCUT2D eigenvalue weighted by Crippen LogP contribution is 2.33. The van der Waals surface area contributed by atoms with Crippen molar-refractivity contribution in [1.29, 1.82) is 0 Å². The minimum atomic E-state index is 0. The summed E-state index contributed by atoms with van der Waals surface area (Å²) < 4.78 is 0. The van der Waals surface area contributed by atoms with E-state index in [0.29, 0.717) is 5.41 Å². The smallest absolute Gasteiger partial charge is 0.0308 e. The molecule has 0 heterocycles. The van der Waals surface area contributed by atoms with Crippen LogP contribution in [0, 0.1) is 17.3 Å². The molecule has 0 aliphatic heterocycles. The van der Waals surface area contributed by atoms with Crippen molar-refractivity contribution in [1.82, 2.24) is 0 Å². The third-order valence-electron chi connectivity index (χ3n) is 3.48. The first-order valence-corrected chi connectivity index (χ1v) is 8.22. The number of hydrogen-bond acceptors (Lipinski definition) is 0. The van der Waals surface area contributed by atoms with Crippen molar-refractivity contribution in [3.63, 3.8) is 0 Å². The molecule has 23 heavy (non-hydrogen) atoms. The van der Waals surface area contributed by atoms with E-state index >= 15 is 0 Å². The van der Waals surface area contributed by atoms with E-state index in [2.05, 4.69) is 69.2 Å². The molecular weight excluding hydrogens is 276 g/mol. The van der Waals surface area contributed by atoms with Crippen molar-refractivity contribution >= 4 is 0 Å². The van der Waals surface area contributed by atoms with Crippen molar-refractivity contribution in [3.05, 3.63) is 0 Å². The van der Waals surface area contributed by atoms with E-state index in [1.165, 1.54) is 19.3 Å². The molecule has 0 aliphatic carbocycles. The largest absolute Gasteiger partial charge is 0.0776 e. The molecule has 0 aliphatic rings. The third kappa shape index (κ3) is 52.1. The lowest BCUT2D eigenvalue weighted by Crippen LogP contribution is -2.25. The van der Waals surface area contributed by atoms with Gasteiger partial charge in [-0.05, 0) is 17.3 Å². The molecule has 0 atom stereocenters. The summed E-state index contributed by atoms with van der Waals surface area (Å²) in [6, 6.07) is 0. The number of rotatable bonds is 3. The van der Waals surface area contributed by atoms with E-state index < -0.39 is 0 Å². The Morgan fingerprint density at radius 2 is 0.696 bits per heavy atom. The molecule has 0 bridgehead atoms. The zero-order valence-corrected chi connectivity index (χ0v) is 15.8. The van der Waals surface area contributed by atoms with Crippen LogP contribution >= 0.6 is 0 Å². The summed E-state index contributed by atoms with van der Waals surface area (Å²) in [5.74, 6) is 1.58. The lowest BCUT2D eigenvalue weighted by atomic mass is 9.72. The molecule has 0 radical (unpaired) electrons. The highest BCUT2D eigenvalue weighted by Gasteiger charge is 2.25. The molecule has 0 amide bonds. The van der Waals surface area contributed by atoms with Gasteiger partial charge < -0.3 is 0 Å². The fraction of sp³-hybridized carbons (Fsp3) is 1.00. The van der Waals surface area contributed by atoms with Gasteiger partial charge in [-0.3, -0.25) is 0 Å². The molecule has 0 spiro atoms. The molecule has 0 fully saturated rings. The minimum absolute atomic E-state index is 0. The Hall–Kier alpha value is 0. The standard InChI is InChI=1S/C9H20.C4H10.C3H8.C2H6.5CH4/c1-7(2)9(5,6)8(3)4;1-3-4-2;1-3-2;1-2;;;;;/h7-8H,1-6H3;3-4H2,1-2H3;3H2,1-2H3;1-2H3;5*1H4. The van der Waals surface area contributed by atoms with Crippen molar-refractivity contribution < 1.29 is 0 Å². The molecule has 0 saturated heterocycles. The average Bonchev–Trinajstić information content (AvgIpc) is 2.32. The van der Waals surface area contributed by atoms with Gasteiger partial charge in [0.2, 0.25) is 0 Å². The van der Waals surface area contributed by atoms with E-state index in [4.69, 9.17) is 0 Å². The van der Waals surface area contributed by atoms with Crippen LogP contribution in [-0.2, 0) is 0 Å². The summed E-state index contributed by atoms with van der Waals surface area (Å²) in [7, 11) is 0. The fourth-order valence-corrected chi connectivity index (χ4v) is 0.667. The predicted octanol–water partition coefficient (Wildman–Crippen LogP) is 10.8. The van der Waals surface area contributed by atoms with Crippen LogP contribution in [0.4, 0.5) is 0 Å². The molecule has 0 aromatic carbocycles.